The third-order valence-electron chi connectivity index (χ3n) is 3.14. The molecular weight excluding hydrogens is 226 g/mol. The highest BCUT2D eigenvalue weighted by Gasteiger charge is 2.16. The molecule has 3 nitrogen and oxygen atoms in total. The molecule has 2 aromatic rings. The molecule has 0 amide bonds. The molecule has 0 radical (unpaired) electrons. The van der Waals surface area contributed by atoms with E-state index in [1.165, 1.54) is 5.56 Å². The predicted molar refractivity (Wildman–Crippen MR) is 71.9 cm³/mol. The van der Waals surface area contributed by atoms with Crippen LogP contribution in [-0.4, -0.2) is 13.7 Å². The largest absolute Gasteiger partial charge is 0.496 e. The van der Waals surface area contributed by atoms with E-state index >= 15 is 0 Å². The van der Waals surface area contributed by atoms with E-state index in [0.29, 0.717) is 6.54 Å². The maximum absolute atomic E-state index is 5.90. The average Bonchev–Trinajstić information content (AvgIpc) is 2.88. The van der Waals surface area contributed by atoms with Crippen LogP contribution in [-0.2, 0) is 6.42 Å². The highest BCUT2D eigenvalue weighted by molar-refractivity contribution is 5.40. The summed E-state index contributed by atoms with van der Waals surface area (Å²) in [5.41, 5.74) is 8.26. The average molecular weight is 245 g/mol. The summed E-state index contributed by atoms with van der Waals surface area (Å²) in [4.78, 5) is 0. The van der Waals surface area contributed by atoms with Crippen LogP contribution in [0.25, 0.3) is 0 Å². The van der Waals surface area contributed by atoms with Crippen LogP contribution < -0.4 is 10.5 Å². The molecule has 2 N–H and O–H groups in total. The molecule has 0 aliphatic heterocycles. The Hall–Kier alpha value is -1.74. The van der Waals surface area contributed by atoms with E-state index in [9.17, 15) is 0 Å². The SMILES string of the molecule is COc1ccc(C)cc1C(CN)Cc1ccco1. The highest BCUT2D eigenvalue weighted by Crippen LogP contribution is 2.29. The molecule has 0 aliphatic carbocycles. The summed E-state index contributed by atoms with van der Waals surface area (Å²) in [6.45, 7) is 2.64. The van der Waals surface area contributed by atoms with Gasteiger partial charge in [0.1, 0.15) is 11.5 Å². The van der Waals surface area contributed by atoms with Gasteiger partial charge in [0.2, 0.25) is 0 Å². The molecule has 1 atom stereocenters. The molecule has 0 bridgehead atoms. The maximum atomic E-state index is 5.90. The number of hydrogen-bond acceptors (Lipinski definition) is 3. The minimum Gasteiger partial charge on any atom is -0.496 e. The fourth-order valence-electron chi connectivity index (χ4n) is 2.16. The molecule has 96 valence electrons. The van der Waals surface area contributed by atoms with E-state index < -0.39 is 0 Å². The molecule has 1 aromatic carbocycles. The summed E-state index contributed by atoms with van der Waals surface area (Å²) < 4.78 is 10.8. The van der Waals surface area contributed by atoms with Crippen LogP contribution in [0.4, 0.5) is 0 Å². The summed E-state index contributed by atoms with van der Waals surface area (Å²) in [6, 6.07) is 10.1. The van der Waals surface area contributed by atoms with Gasteiger partial charge in [0.05, 0.1) is 13.4 Å². The Bertz CT molecular complexity index is 491. The van der Waals surface area contributed by atoms with Crippen LogP contribution in [0.3, 0.4) is 0 Å². The fourth-order valence-corrected chi connectivity index (χ4v) is 2.16. The number of nitrogens with two attached hydrogens (primary N) is 1. The number of methoxy groups -OCH3 is 1. The van der Waals surface area contributed by atoms with Crippen molar-refractivity contribution in [1.82, 2.24) is 0 Å². The standard InChI is InChI=1S/C15H19NO2/c1-11-5-6-15(17-2)14(8-11)12(10-16)9-13-4-3-7-18-13/h3-8,12H,9-10,16H2,1-2H3. The van der Waals surface area contributed by atoms with Gasteiger partial charge < -0.3 is 14.9 Å². The van der Waals surface area contributed by atoms with Crippen LogP contribution >= 0.6 is 0 Å². The lowest BCUT2D eigenvalue weighted by Gasteiger charge is -2.18. The Kier molecular flexibility index (Phi) is 4.05. The molecule has 0 saturated heterocycles. The first-order valence-electron chi connectivity index (χ1n) is 6.11. The maximum Gasteiger partial charge on any atom is 0.122 e. The van der Waals surface area contributed by atoms with Crippen molar-refractivity contribution in [3.8, 4) is 5.75 Å². The summed E-state index contributed by atoms with van der Waals surface area (Å²) in [5.74, 6) is 2.06. The number of aryl methyl sites for hydroxylation is 1. The molecule has 1 heterocycles. The second kappa shape index (κ2) is 5.74. The van der Waals surface area contributed by atoms with Crippen molar-refractivity contribution in [2.75, 3.05) is 13.7 Å². The second-order valence-corrected chi connectivity index (χ2v) is 4.46. The van der Waals surface area contributed by atoms with Crippen LogP contribution in [0.1, 0.15) is 22.8 Å². The van der Waals surface area contributed by atoms with Crippen molar-refractivity contribution in [3.63, 3.8) is 0 Å². The van der Waals surface area contributed by atoms with Crippen LogP contribution in [0.5, 0.6) is 5.75 Å². The number of furan rings is 1. The van der Waals surface area contributed by atoms with Gasteiger partial charge in [0.15, 0.2) is 0 Å². The lowest BCUT2D eigenvalue weighted by molar-refractivity contribution is 0.402. The van der Waals surface area contributed by atoms with E-state index in [2.05, 4.69) is 13.0 Å². The van der Waals surface area contributed by atoms with Gasteiger partial charge in [-0.05, 0) is 37.2 Å². The monoisotopic (exact) mass is 245 g/mol. The van der Waals surface area contributed by atoms with E-state index in [1.54, 1.807) is 13.4 Å². The molecular formula is C15H19NO2. The molecule has 3 heteroatoms. The van der Waals surface area contributed by atoms with Gasteiger partial charge in [-0.1, -0.05) is 17.7 Å². The number of ether oxygens (including phenoxy) is 1. The zero-order valence-corrected chi connectivity index (χ0v) is 10.8. The molecule has 1 aromatic heterocycles. The Labute approximate surface area is 108 Å². The fraction of sp³-hybridized carbons (Fsp3) is 0.333. The third kappa shape index (κ3) is 2.74. The normalized spacial score (nSPS) is 12.4. The highest BCUT2D eigenvalue weighted by atomic mass is 16.5. The topological polar surface area (TPSA) is 48.4 Å². The van der Waals surface area contributed by atoms with Crippen molar-refractivity contribution in [3.05, 3.63) is 53.5 Å². The van der Waals surface area contributed by atoms with Crippen molar-refractivity contribution < 1.29 is 9.15 Å². The van der Waals surface area contributed by atoms with Gasteiger partial charge in [-0.15, -0.1) is 0 Å². The quantitative estimate of drug-likeness (QED) is 0.881. The van der Waals surface area contributed by atoms with E-state index in [1.807, 2.05) is 24.3 Å². The number of rotatable bonds is 5. The summed E-state index contributed by atoms with van der Waals surface area (Å²) >= 11 is 0. The number of hydrogen-bond donors (Lipinski definition) is 1. The first kappa shape index (κ1) is 12.7. The zero-order chi connectivity index (χ0) is 13.0. The smallest absolute Gasteiger partial charge is 0.122 e. The Morgan fingerprint density at radius 2 is 2.17 bits per heavy atom. The molecule has 0 spiro atoms. The van der Waals surface area contributed by atoms with E-state index in [-0.39, 0.29) is 5.92 Å². The Morgan fingerprint density at radius 1 is 1.33 bits per heavy atom. The van der Waals surface area contributed by atoms with Crippen molar-refractivity contribution >= 4 is 0 Å². The Morgan fingerprint density at radius 3 is 2.78 bits per heavy atom. The minimum absolute atomic E-state index is 0.214. The third-order valence-corrected chi connectivity index (χ3v) is 3.14. The van der Waals surface area contributed by atoms with Gasteiger partial charge in [-0.25, -0.2) is 0 Å². The van der Waals surface area contributed by atoms with Gasteiger partial charge in [0.25, 0.3) is 0 Å². The minimum atomic E-state index is 0.214. The first-order valence-corrected chi connectivity index (χ1v) is 6.11. The second-order valence-electron chi connectivity index (χ2n) is 4.46. The van der Waals surface area contributed by atoms with Crippen molar-refractivity contribution in [2.24, 2.45) is 5.73 Å². The van der Waals surface area contributed by atoms with Crippen molar-refractivity contribution in [1.29, 1.82) is 0 Å². The van der Waals surface area contributed by atoms with Crippen LogP contribution in [0.2, 0.25) is 0 Å². The van der Waals surface area contributed by atoms with Crippen LogP contribution in [0, 0.1) is 6.92 Å². The number of benzene rings is 1. The molecule has 0 fully saturated rings. The van der Waals surface area contributed by atoms with Gasteiger partial charge in [0, 0.05) is 12.3 Å². The lowest BCUT2D eigenvalue weighted by atomic mass is 9.92. The Balaban J connectivity index is 2.28. The summed E-state index contributed by atoms with van der Waals surface area (Å²) in [7, 11) is 1.69. The van der Waals surface area contributed by atoms with Gasteiger partial charge >= 0.3 is 0 Å². The molecule has 18 heavy (non-hydrogen) atoms. The molecule has 0 aliphatic rings. The zero-order valence-electron chi connectivity index (χ0n) is 10.8. The molecule has 1 unspecified atom stereocenters. The van der Waals surface area contributed by atoms with Crippen LogP contribution in [0.15, 0.2) is 41.0 Å². The summed E-state index contributed by atoms with van der Waals surface area (Å²) in [5, 5.41) is 0. The molecule has 0 saturated carbocycles. The predicted octanol–water partition coefficient (Wildman–Crippen LogP) is 2.88. The van der Waals surface area contributed by atoms with Crippen molar-refractivity contribution in [2.45, 2.75) is 19.3 Å². The van der Waals surface area contributed by atoms with E-state index in [4.69, 9.17) is 14.9 Å². The van der Waals surface area contributed by atoms with E-state index in [0.717, 1.165) is 23.5 Å². The summed E-state index contributed by atoms with van der Waals surface area (Å²) in [6.07, 6.45) is 2.49. The van der Waals surface area contributed by atoms with Gasteiger partial charge in [-0.3, -0.25) is 0 Å². The lowest BCUT2D eigenvalue weighted by Crippen LogP contribution is -2.16. The van der Waals surface area contributed by atoms with Gasteiger partial charge in [-0.2, -0.15) is 0 Å². The first-order chi connectivity index (χ1) is 8.74. The molecule has 2 rings (SSSR count).